The smallest absolute Gasteiger partial charge is 0.376 e. The summed E-state index contributed by atoms with van der Waals surface area (Å²) in [5.74, 6) is -0.913. The van der Waals surface area contributed by atoms with Gasteiger partial charge in [-0.15, -0.1) is 0 Å². The van der Waals surface area contributed by atoms with Gasteiger partial charge >= 0.3 is 5.97 Å². The SMILES string of the molecule is CCCNC1=C(OCc2ccccc2)C(=O)O[C@@H]1[C@@H]1COC(C)(C)O1. The number of nitrogens with one attached hydrogen (secondary N) is 1. The number of esters is 1. The highest BCUT2D eigenvalue weighted by Crippen LogP contribution is 2.32. The molecule has 25 heavy (non-hydrogen) atoms. The van der Waals surface area contributed by atoms with Crippen LogP contribution in [0.15, 0.2) is 41.8 Å². The van der Waals surface area contributed by atoms with Crippen molar-refractivity contribution in [2.24, 2.45) is 0 Å². The first-order valence-corrected chi connectivity index (χ1v) is 8.67. The fraction of sp³-hybridized carbons (Fsp3) is 0.526. The lowest BCUT2D eigenvalue weighted by Crippen LogP contribution is -2.37. The van der Waals surface area contributed by atoms with Crippen LogP contribution in [0.3, 0.4) is 0 Å². The van der Waals surface area contributed by atoms with Gasteiger partial charge in [-0.3, -0.25) is 0 Å². The summed E-state index contributed by atoms with van der Waals surface area (Å²) in [4.78, 5) is 12.4. The zero-order chi connectivity index (χ0) is 17.9. The Kier molecular flexibility index (Phi) is 5.30. The minimum Gasteiger partial charge on any atom is -0.480 e. The molecule has 0 saturated carbocycles. The van der Waals surface area contributed by atoms with Crippen molar-refractivity contribution in [3.63, 3.8) is 0 Å². The maximum Gasteiger partial charge on any atom is 0.376 e. The van der Waals surface area contributed by atoms with E-state index < -0.39 is 17.9 Å². The summed E-state index contributed by atoms with van der Waals surface area (Å²) in [7, 11) is 0. The van der Waals surface area contributed by atoms with Crippen molar-refractivity contribution in [1.29, 1.82) is 0 Å². The highest BCUT2D eigenvalue weighted by Gasteiger charge is 2.46. The summed E-state index contributed by atoms with van der Waals surface area (Å²) < 4.78 is 22.8. The van der Waals surface area contributed by atoms with Crippen molar-refractivity contribution in [1.82, 2.24) is 5.32 Å². The van der Waals surface area contributed by atoms with Gasteiger partial charge in [0.2, 0.25) is 5.76 Å². The highest BCUT2D eigenvalue weighted by molar-refractivity contribution is 5.90. The van der Waals surface area contributed by atoms with Crippen LogP contribution < -0.4 is 5.32 Å². The number of ether oxygens (including phenoxy) is 4. The predicted molar refractivity (Wildman–Crippen MR) is 91.3 cm³/mol. The Bertz CT molecular complexity index is 640. The van der Waals surface area contributed by atoms with Crippen LogP contribution in [0, 0.1) is 0 Å². The molecule has 6 heteroatoms. The second-order valence-corrected chi connectivity index (χ2v) is 6.64. The molecule has 2 atom stereocenters. The van der Waals surface area contributed by atoms with Crippen LogP contribution >= 0.6 is 0 Å². The second kappa shape index (κ2) is 7.45. The lowest BCUT2D eigenvalue weighted by molar-refractivity contribution is -0.162. The molecule has 1 N–H and O–H groups in total. The van der Waals surface area contributed by atoms with Crippen LogP contribution in [0.5, 0.6) is 0 Å². The van der Waals surface area contributed by atoms with E-state index in [1.54, 1.807) is 0 Å². The lowest BCUT2D eigenvalue weighted by Gasteiger charge is -2.22. The minimum atomic E-state index is -0.680. The Morgan fingerprint density at radius 1 is 1.28 bits per heavy atom. The Hall–Kier alpha value is -2.05. The molecule has 0 aliphatic carbocycles. The van der Waals surface area contributed by atoms with Crippen LogP contribution in [0.4, 0.5) is 0 Å². The molecule has 0 aromatic heterocycles. The molecule has 6 nitrogen and oxygen atoms in total. The molecular formula is C19H25NO5. The van der Waals surface area contributed by atoms with Gasteiger partial charge in [0.1, 0.15) is 18.4 Å². The number of benzene rings is 1. The van der Waals surface area contributed by atoms with Gasteiger partial charge in [0, 0.05) is 6.54 Å². The first-order chi connectivity index (χ1) is 12.0. The highest BCUT2D eigenvalue weighted by atomic mass is 16.8. The molecular weight excluding hydrogens is 322 g/mol. The molecule has 0 radical (unpaired) electrons. The first-order valence-electron chi connectivity index (χ1n) is 8.67. The third kappa shape index (κ3) is 4.14. The Morgan fingerprint density at radius 3 is 2.68 bits per heavy atom. The van der Waals surface area contributed by atoms with Crippen molar-refractivity contribution in [2.45, 2.75) is 51.8 Å². The largest absolute Gasteiger partial charge is 0.480 e. The van der Waals surface area contributed by atoms with E-state index in [0.717, 1.165) is 18.5 Å². The van der Waals surface area contributed by atoms with E-state index >= 15 is 0 Å². The first kappa shape index (κ1) is 17.8. The standard InChI is InChI=1S/C19H25NO5/c1-4-10-20-15-16(14-12-23-19(2,3)25-14)24-18(21)17(15)22-11-13-8-6-5-7-9-13/h5-9,14,16,20H,4,10-12H2,1-3H3/t14-,16+/m0/s1. The Morgan fingerprint density at radius 2 is 2.04 bits per heavy atom. The summed E-state index contributed by atoms with van der Waals surface area (Å²) in [6, 6.07) is 9.72. The molecule has 0 amide bonds. The number of hydrogen-bond acceptors (Lipinski definition) is 6. The van der Waals surface area contributed by atoms with Crippen molar-refractivity contribution in [2.75, 3.05) is 13.2 Å². The Labute approximate surface area is 148 Å². The van der Waals surface area contributed by atoms with E-state index in [9.17, 15) is 4.79 Å². The summed E-state index contributed by atoms with van der Waals surface area (Å²) in [6.07, 6.45) is 0.0342. The molecule has 3 rings (SSSR count). The van der Waals surface area contributed by atoms with Gasteiger partial charge in [0.25, 0.3) is 0 Å². The predicted octanol–water partition coefficient (Wildman–Crippen LogP) is 2.49. The van der Waals surface area contributed by atoms with Crippen LogP contribution in [0.25, 0.3) is 0 Å². The molecule has 2 aliphatic heterocycles. The fourth-order valence-corrected chi connectivity index (χ4v) is 2.90. The number of hydrogen-bond donors (Lipinski definition) is 1. The maximum absolute atomic E-state index is 12.4. The van der Waals surface area contributed by atoms with Crippen molar-refractivity contribution >= 4 is 5.97 Å². The minimum absolute atomic E-state index is 0.232. The molecule has 0 bridgehead atoms. The summed E-state index contributed by atoms with van der Waals surface area (Å²) in [6.45, 7) is 7.15. The fourth-order valence-electron chi connectivity index (χ4n) is 2.90. The zero-order valence-corrected chi connectivity index (χ0v) is 14.9. The Balaban J connectivity index is 1.77. The van der Waals surface area contributed by atoms with Crippen molar-refractivity contribution in [3.8, 4) is 0 Å². The van der Waals surface area contributed by atoms with Crippen LogP contribution in [-0.2, 0) is 30.3 Å². The zero-order valence-electron chi connectivity index (χ0n) is 14.9. The van der Waals surface area contributed by atoms with Crippen LogP contribution in [0.2, 0.25) is 0 Å². The molecule has 1 aromatic rings. The van der Waals surface area contributed by atoms with Gasteiger partial charge < -0.3 is 24.3 Å². The van der Waals surface area contributed by atoms with Crippen LogP contribution in [0.1, 0.15) is 32.8 Å². The molecule has 1 saturated heterocycles. The van der Waals surface area contributed by atoms with E-state index in [0.29, 0.717) is 18.9 Å². The van der Waals surface area contributed by atoms with E-state index in [1.807, 2.05) is 44.2 Å². The van der Waals surface area contributed by atoms with E-state index in [-0.39, 0.29) is 11.9 Å². The second-order valence-electron chi connectivity index (χ2n) is 6.64. The van der Waals surface area contributed by atoms with E-state index in [1.165, 1.54) is 0 Å². The van der Waals surface area contributed by atoms with Gasteiger partial charge in [-0.1, -0.05) is 37.3 Å². The van der Waals surface area contributed by atoms with Crippen molar-refractivity contribution in [3.05, 3.63) is 47.4 Å². The number of carbonyl (C=O) groups excluding carboxylic acids is 1. The van der Waals surface area contributed by atoms with Crippen molar-refractivity contribution < 1.29 is 23.7 Å². The molecule has 1 aromatic carbocycles. The quantitative estimate of drug-likeness (QED) is 0.765. The lowest BCUT2D eigenvalue weighted by atomic mass is 10.1. The third-order valence-corrected chi connectivity index (χ3v) is 4.11. The molecule has 2 aliphatic rings. The van der Waals surface area contributed by atoms with Gasteiger partial charge in [-0.05, 0) is 25.8 Å². The maximum atomic E-state index is 12.4. The normalized spacial score (nSPS) is 25.2. The number of cyclic esters (lactones) is 1. The van der Waals surface area contributed by atoms with E-state index in [2.05, 4.69) is 12.2 Å². The van der Waals surface area contributed by atoms with Gasteiger partial charge in [-0.25, -0.2) is 4.79 Å². The molecule has 0 unspecified atom stereocenters. The topological polar surface area (TPSA) is 66.0 Å². The third-order valence-electron chi connectivity index (χ3n) is 4.11. The average molecular weight is 347 g/mol. The summed E-state index contributed by atoms with van der Waals surface area (Å²) in [5.41, 5.74) is 1.64. The summed E-state index contributed by atoms with van der Waals surface area (Å²) >= 11 is 0. The molecule has 1 fully saturated rings. The molecule has 136 valence electrons. The molecule has 0 spiro atoms. The van der Waals surface area contributed by atoms with Gasteiger partial charge in [-0.2, -0.15) is 0 Å². The van der Waals surface area contributed by atoms with Gasteiger partial charge in [0.15, 0.2) is 11.9 Å². The molecule has 2 heterocycles. The average Bonchev–Trinajstić information content (AvgIpc) is 3.11. The van der Waals surface area contributed by atoms with E-state index in [4.69, 9.17) is 18.9 Å². The number of carbonyl (C=O) groups is 1. The van der Waals surface area contributed by atoms with Gasteiger partial charge in [0.05, 0.1) is 6.61 Å². The monoisotopic (exact) mass is 347 g/mol. The number of rotatable bonds is 7. The van der Waals surface area contributed by atoms with Crippen LogP contribution in [-0.4, -0.2) is 37.1 Å². The summed E-state index contributed by atoms with van der Waals surface area (Å²) in [5, 5.41) is 3.28.